The van der Waals surface area contributed by atoms with Crippen molar-refractivity contribution in [3.8, 4) is 5.75 Å². The topological polar surface area (TPSA) is 49.7 Å². The van der Waals surface area contributed by atoms with Gasteiger partial charge in [0.1, 0.15) is 12.4 Å². The van der Waals surface area contributed by atoms with Crippen molar-refractivity contribution < 1.29 is 28.1 Å². The second-order valence-corrected chi connectivity index (χ2v) is 4.64. The Hall–Kier alpha value is -0.790. The summed E-state index contributed by atoms with van der Waals surface area (Å²) >= 11 is 3.15. The summed E-state index contributed by atoms with van der Waals surface area (Å²) in [4.78, 5) is 0. The predicted molar refractivity (Wildman–Crippen MR) is 62.3 cm³/mol. The molecule has 3 nitrogen and oxygen atoms in total. The van der Waals surface area contributed by atoms with E-state index in [4.69, 9.17) is 9.84 Å². The monoisotopic (exact) mass is 328 g/mol. The molecule has 0 aromatic heterocycles. The zero-order chi connectivity index (χ0) is 13.9. The first-order valence-corrected chi connectivity index (χ1v) is 5.86. The number of benzene rings is 1. The summed E-state index contributed by atoms with van der Waals surface area (Å²) in [6.45, 7) is 0.552. The van der Waals surface area contributed by atoms with Crippen LogP contribution < -0.4 is 4.74 Å². The van der Waals surface area contributed by atoms with Crippen molar-refractivity contribution in [1.82, 2.24) is 0 Å². The first-order chi connectivity index (χ1) is 8.21. The summed E-state index contributed by atoms with van der Waals surface area (Å²) in [5.41, 5.74) is 0.354. The van der Waals surface area contributed by atoms with Gasteiger partial charge in [0.15, 0.2) is 6.10 Å². The summed E-state index contributed by atoms with van der Waals surface area (Å²) in [6.07, 6.45) is -8.16. The molecule has 0 spiro atoms. The van der Waals surface area contributed by atoms with Crippen molar-refractivity contribution in [2.75, 3.05) is 6.61 Å². The molecule has 0 saturated heterocycles. The highest BCUT2D eigenvalue weighted by molar-refractivity contribution is 9.10. The zero-order valence-electron chi connectivity index (χ0n) is 9.41. The number of halogens is 4. The minimum absolute atomic E-state index is 0.0997. The van der Waals surface area contributed by atoms with Gasteiger partial charge in [0.05, 0.1) is 6.10 Å². The normalized spacial score (nSPS) is 15.3. The highest BCUT2D eigenvalue weighted by atomic mass is 79.9. The van der Waals surface area contributed by atoms with Gasteiger partial charge in [0.2, 0.25) is 0 Å². The molecule has 102 valence electrons. The molecule has 1 rings (SSSR count). The predicted octanol–water partition coefficient (Wildman–Crippen LogP) is 2.80. The molecule has 18 heavy (non-hydrogen) atoms. The van der Waals surface area contributed by atoms with E-state index >= 15 is 0 Å². The van der Waals surface area contributed by atoms with Gasteiger partial charge in [-0.25, -0.2) is 0 Å². The maximum atomic E-state index is 12.1. The molecule has 0 bridgehead atoms. The number of aliphatic hydroxyl groups is 2. The molecule has 0 radical (unpaired) electrons. The van der Waals surface area contributed by atoms with E-state index in [-0.39, 0.29) is 5.75 Å². The van der Waals surface area contributed by atoms with Crippen LogP contribution in [0.5, 0.6) is 5.75 Å². The summed E-state index contributed by atoms with van der Waals surface area (Å²) in [7, 11) is 0. The number of ether oxygens (including phenoxy) is 1. The van der Waals surface area contributed by atoms with Crippen LogP contribution in [0.15, 0.2) is 22.7 Å². The van der Waals surface area contributed by atoms with Gasteiger partial charge in [-0.3, -0.25) is 0 Å². The first kappa shape index (κ1) is 15.3. The van der Waals surface area contributed by atoms with Crippen LogP contribution in [-0.2, 0) is 0 Å². The summed E-state index contributed by atoms with van der Waals surface area (Å²) in [5.74, 6) is 0.0997. The maximum Gasteiger partial charge on any atom is 0.417 e. The minimum atomic E-state index is -4.73. The lowest BCUT2D eigenvalue weighted by atomic mass is 10.1. The third kappa shape index (κ3) is 4.15. The average molecular weight is 329 g/mol. The Kier molecular flexibility index (Phi) is 5.01. The van der Waals surface area contributed by atoms with E-state index in [1.165, 1.54) is 19.1 Å². The second-order valence-electron chi connectivity index (χ2n) is 3.73. The Labute approximate surface area is 110 Å². The van der Waals surface area contributed by atoms with Gasteiger partial charge in [-0.1, -0.05) is 22.0 Å². The molecule has 7 heteroatoms. The van der Waals surface area contributed by atoms with Gasteiger partial charge < -0.3 is 14.9 Å². The van der Waals surface area contributed by atoms with E-state index in [9.17, 15) is 18.3 Å². The van der Waals surface area contributed by atoms with E-state index in [2.05, 4.69) is 15.9 Å². The molecule has 2 atom stereocenters. The summed E-state index contributed by atoms with van der Waals surface area (Å²) < 4.78 is 41.8. The Bertz CT molecular complexity index is 407. The summed E-state index contributed by atoms with van der Waals surface area (Å²) in [5, 5.41) is 18.3. The molecule has 0 amide bonds. The third-order valence-corrected chi connectivity index (χ3v) is 2.69. The van der Waals surface area contributed by atoms with Crippen molar-refractivity contribution in [3.63, 3.8) is 0 Å². The largest absolute Gasteiger partial charge is 0.490 e. The molecular weight excluding hydrogens is 317 g/mol. The van der Waals surface area contributed by atoms with Crippen LogP contribution >= 0.6 is 15.9 Å². The molecule has 1 aromatic carbocycles. The van der Waals surface area contributed by atoms with Crippen molar-refractivity contribution in [3.05, 3.63) is 28.2 Å². The number of hydrogen-bond donors (Lipinski definition) is 2. The Morgan fingerprint density at radius 2 is 1.94 bits per heavy atom. The van der Waals surface area contributed by atoms with Gasteiger partial charge in [-0.15, -0.1) is 0 Å². The highest BCUT2D eigenvalue weighted by Gasteiger charge is 2.38. The van der Waals surface area contributed by atoms with E-state index in [1.54, 1.807) is 6.07 Å². The Balaban J connectivity index is 2.81. The van der Waals surface area contributed by atoms with Gasteiger partial charge in [-0.2, -0.15) is 13.2 Å². The van der Waals surface area contributed by atoms with E-state index in [0.717, 1.165) is 0 Å². The van der Waals surface area contributed by atoms with Crippen molar-refractivity contribution >= 4 is 15.9 Å². The van der Waals surface area contributed by atoms with Crippen LogP contribution in [-0.4, -0.2) is 29.1 Å². The van der Waals surface area contributed by atoms with Gasteiger partial charge in [0, 0.05) is 10.0 Å². The molecule has 0 fully saturated rings. The molecule has 0 saturated carbocycles. The smallest absolute Gasteiger partial charge is 0.417 e. The van der Waals surface area contributed by atoms with Gasteiger partial charge in [-0.05, 0) is 19.1 Å². The second kappa shape index (κ2) is 5.90. The molecule has 0 aliphatic heterocycles. The fourth-order valence-corrected chi connectivity index (χ4v) is 1.58. The van der Waals surface area contributed by atoms with Crippen LogP contribution in [0.25, 0.3) is 0 Å². The lowest BCUT2D eigenvalue weighted by molar-refractivity contribution is -0.210. The molecule has 1 aromatic rings. The molecule has 2 N–H and O–H groups in total. The standard InChI is InChI=1S/C11H12BrF3O3/c1-6(16)8-3-2-7(12)4-9(8)18-5-10(17)11(13,14)15/h2-4,6,10,16-17H,5H2,1H3. The first-order valence-electron chi connectivity index (χ1n) is 5.07. The minimum Gasteiger partial charge on any atom is -0.490 e. The maximum absolute atomic E-state index is 12.1. The Morgan fingerprint density at radius 1 is 1.33 bits per heavy atom. The van der Waals surface area contributed by atoms with Crippen molar-refractivity contribution in [1.29, 1.82) is 0 Å². The SMILES string of the molecule is CC(O)c1ccc(Br)cc1OCC(O)C(F)(F)F. The molecular formula is C11H12BrF3O3. The van der Waals surface area contributed by atoms with E-state index in [0.29, 0.717) is 10.0 Å². The fraction of sp³-hybridized carbons (Fsp3) is 0.455. The third-order valence-electron chi connectivity index (χ3n) is 2.20. The molecule has 2 unspecified atom stereocenters. The average Bonchev–Trinajstić information content (AvgIpc) is 2.24. The van der Waals surface area contributed by atoms with Crippen LogP contribution in [0, 0.1) is 0 Å². The Morgan fingerprint density at radius 3 is 2.44 bits per heavy atom. The molecule has 0 aliphatic rings. The molecule has 0 heterocycles. The van der Waals surface area contributed by atoms with Crippen molar-refractivity contribution in [2.24, 2.45) is 0 Å². The lowest BCUT2D eigenvalue weighted by Gasteiger charge is -2.18. The van der Waals surface area contributed by atoms with Crippen LogP contribution in [0.4, 0.5) is 13.2 Å². The van der Waals surface area contributed by atoms with E-state index in [1.807, 2.05) is 0 Å². The number of alkyl halides is 3. The quantitative estimate of drug-likeness (QED) is 0.893. The summed E-state index contributed by atoms with van der Waals surface area (Å²) in [6, 6.07) is 4.60. The van der Waals surface area contributed by atoms with Gasteiger partial charge in [0.25, 0.3) is 0 Å². The van der Waals surface area contributed by atoms with Crippen molar-refractivity contribution in [2.45, 2.75) is 25.3 Å². The number of hydrogen-bond acceptors (Lipinski definition) is 3. The highest BCUT2D eigenvalue weighted by Crippen LogP contribution is 2.29. The van der Waals surface area contributed by atoms with Gasteiger partial charge >= 0.3 is 6.18 Å². The number of rotatable bonds is 4. The van der Waals surface area contributed by atoms with Crippen LogP contribution in [0.3, 0.4) is 0 Å². The number of aliphatic hydroxyl groups excluding tert-OH is 2. The van der Waals surface area contributed by atoms with Crippen LogP contribution in [0.2, 0.25) is 0 Å². The van der Waals surface area contributed by atoms with Crippen LogP contribution in [0.1, 0.15) is 18.6 Å². The van der Waals surface area contributed by atoms with E-state index < -0.39 is 25.0 Å². The molecule has 0 aliphatic carbocycles. The lowest BCUT2D eigenvalue weighted by Crippen LogP contribution is -2.34. The fourth-order valence-electron chi connectivity index (χ4n) is 1.24. The zero-order valence-corrected chi connectivity index (χ0v) is 11.0.